The number of aliphatic hydroxyl groups excluding tert-OH is 1. The number of aromatic amines is 1. The fourth-order valence-corrected chi connectivity index (χ4v) is 6.15. The topological polar surface area (TPSA) is 205 Å². The van der Waals surface area contributed by atoms with Crippen molar-refractivity contribution in [2.75, 3.05) is 13.1 Å². The molecule has 5 atom stereocenters. The molecule has 0 radical (unpaired) electrons. The number of nitrogens with two attached hydrogens (primary N) is 1. The Morgan fingerprint density at radius 1 is 0.889 bits per heavy atom. The molecule has 4 amide bonds. The van der Waals surface area contributed by atoms with Crippen LogP contribution in [0.2, 0.25) is 0 Å². The second-order valence-corrected chi connectivity index (χ2v) is 15.7. The fourth-order valence-electron chi connectivity index (χ4n) is 6.15. The lowest BCUT2D eigenvalue weighted by Crippen LogP contribution is -2.59. The van der Waals surface area contributed by atoms with E-state index >= 15 is 0 Å². The number of carbonyl (C=O) groups excluding carboxylic acids is 4. The second-order valence-electron chi connectivity index (χ2n) is 15.7. The molecule has 0 aliphatic carbocycles. The van der Waals surface area contributed by atoms with Crippen LogP contribution < -0.4 is 21.7 Å². The summed E-state index contributed by atoms with van der Waals surface area (Å²) in [5.74, 6) is -1.39. The third-order valence-electron chi connectivity index (χ3n) is 8.69. The number of ether oxygens (including phenoxy) is 1. The highest BCUT2D eigenvalue weighted by atomic mass is 16.6. The average molecular weight is 749 g/mol. The molecular formula is C40H60N8O6. The number of amides is 4. The van der Waals surface area contributed by atoms with Gasteiger partial charge in [0, 0.05) is 56.1 Å². The summed E-state index contributed by atoms with van der Waals surface area (Å²) >= 11 is 0. The predicted molar refractivity (Wildman–Crippen MR) is 207 cm³/mol. The molecule has 14 nitrogen and oxygen atoms in total. The number of rotatable bonds is 21. The quantitative estimate of drug-likeness (QED) is 0.0945. The van der Waals surface area contributed by atoms with Gasteiger partial charge >= 0.3 is 6.09 Å². The van der Waals surface area contributed by atoms with Crippen molar-refractivity contribution in [3.05, 3.63) is 84.2 Å². The van der Waals surface area contributed by atoms with Crippen molar-refractivity contribution in [2.45, 2.75) is 116 Å². The lowest BCUT2D eigenvalue weighted by atomic mass is 9.96. The van der Waals surface area contributed by atoms with Gasteiger partial charge in [-0.1, -0.05) is 64.1 Å². The number of hydrogen-bond donors (Lipinski definition) is 6. The Bertz CT molecular complexity index is 1580. The molecule has 2 unspecified atom stereocenters. The number of nitrogens with one attached hydrogen (secondary N) is 4. The Morgan fingerprint density at radius 3 is 2.11 bits per heavy atom. The summed E-state index contributed by atoms with van der Waals surface area (Å²) < 4.78 is 5.45. The summed E-state index contributed by atoms with van der Waals surface area (Å²) in [7, 11) is 0. The number of aliphatic hydroxyl groups is 1. The van der Waals surface area contributed by atoms with Gasteiger partial charge in [0.2, 0.25) is 17.7 Å². The van der Waals surface area contributed by atoms with Crippen LogP contribution in [-0.4, -0.2) is 97.7 Å². The summed E-state index contributed by atoms with van der Waals surface area (Å²) in [4.78, 5) is 67.1. The number of imidazole rings is 1. The van der Waals surface area contributed by atoms with Gasteiger partial charge in [0.05, 0.1) is 24.5 Å². The minimum absolute atomic E-state index is 0.0564. The lowest BCUT2D eigenvalue weighted by molar-refractivity contribution is -0.131. The van der Waals surface area contributed by atoms with Gasteiger partial charge in [-0.3, -0.25) is 24.3 Å². The summed E-state index contributed by atoms with van der Waals surface area (Å²) in [5.41, 5.74) is 7.34. The first kappa shape index (κ1) is 43.6. The third-order valence-corrected chi connectivity index (χ3v) is 8.69. The minimum atomic E-state index is -1.11. The predicted octanol–water partition coefficient (Wildman–Crippen LogP) is 3.30. The van der Waals surface area contributed by atoms with E-state index in [-0.39, 0.29) is 31.2 Å². The number of hydrogen-bond acceptors (Lipinski definition) is 9. The molecule has 0 fully saturated rings. The monoisotopic (exact) mass is 748 g/mol. The van der Waals surface area contributed by atoms with E-state index in [4.69, 9.17) is 10.5 Å². The van der Waals surface area contributed by atoms with Crippen molar-refractivity contribution >= 4 is 23.8 Å². The number of carbonyl (C=O) groups is 4. The van der Waals surface area contributed by atoms with Gasteiger partial charge in [-0.25, -0.2) is 9.78 Å². The van der Waals surface area contributed by atoms with Crippen molar-refractivity contribution in [2.24, 2.45) is 17.6 Å². The first-order chi connectivity index (χ1) is 25.5. The lowest BCUT2D eigenvalue weighted by Gasteiger charge is -2.35. The van der Waals surface area contributed by atoms with Gasteiger partial charge in [-0.2, -0.15) is 0 Å². The van der Waals surface area contributed by atoms with E-state index in [0.717, 1.165) is 11.3 Å². The van der Waals surface area contributed by atoms with E-state index in [1.165, 1.54) is 6.33 Å². The van der Waals surface area contributed by atoms with Crippen LogP contribution in [0.15, 0.2) is 67.3 Å². The maximum absolute atomic E-state index is 14.2. The molecule has 2 heterocycles. The Labute approximate surface area is 319 Å². The Kier molecular flexibility index (Phi) is 17.1. The van der Waals surface area contributed by atoms with Crippen LogP contribution in [-0.2, 0) is 38.4 Å². The number of alkyl carbamates (subject to hydrolysis) is 1. The first-order valence-electron chi connectivity index (χ1n) is 18.7. The fraction of sp³-hybridized carbons (Fsp3) is 0.550. The maximum atomic E-state index is 14.2. The van der Waals surface area contributed by atoms with E-state index in [1.807, 2.05) is 81.1 Å². The van der Waals surface area contributed by atoms with Crippen LogP contribution in [0.3, 0.4) is 0 Å². The highest BCUT2D eigenvalue weighted by Crippen LogP contribution is 2.17. The summed E-state index contributed by atoms with van der Waals surface area (Å²) in [5, 5.41) is 20.3. The number of primary amides is 1. The number of H-pyrrole nitrogens is 1. The molecule has 54 heavy (non-hydrogen) atoms. The van der Waals surface area contributed by atoms with Gasteiger partial charge in [0.25, 0.3) is 0 Å². The van der Waals surface area contributed by atoms with Gasteiger partial charge in [-0.05, 0) is 63.1 Å². The van der Waals surface area contributed by atoms with Crippen molar-refractivity contribution in [1.29, 1.82) is 0 Å². The van der Waals surface area contributed by atoms with Crippen LogP contribution in [0.1, 0.15) is 78.3 Å². The standard InChI is InChI=1S/C40H60N8O6/c1-26(2)19-31(35(49)24-48(34(36(41)50)20-27(3)4)18-16-29-15-11-12-17-43-29)45-38(52)33(22-30-23-42-25-44-30)46-37(51)32(21-28-13-9-8-10-14-28)47-39(53)54-40(5,6)7/h8-15,17,23,25-27,31-35,49H,16,18-22,24H2,1-7H3,(H2,41,50)(H,42,44)(H,45,52)(H,46,51)(H,47,53)/t31?,32-,33-,34-,35?/m0/s1. The third kappa shape index (κ3) is 15.7. The van der Waals surface area contributed by atoms with Crippen LogP contribution >= 0.6 is 0 Å². The summed E-state index contributed by atoms with van der Waals surface area (Å²) in [6, 6.07) is 11.2. The SMILES string of the molecule is CC(C)CC(NC(=O)[C@H](Cc1cnc[nH]1)NC(=O)[C@H](Cc1ccccc1)NC(=O)OC(C)(C)C)C(O)CN(CCc1ccccn1)[C@@H](CC(C)C)C(N)=O. The number of pyridine rings is 1. The normalized spacial score (nSPS) is 14.6. The highest BCUT2D eigenvalue weighted by Gasteiger charge is 2.34. The molecule has 7 N–H and O–H groups in total. The Morgan fingerprint density at radius 2 is 1.54 bits per heavy atom. The highest BCUT2D eigenvalue weighted by molar-refractivity contribution is 5.91. The molecule has 14 heteroatoms. The minimum Gasteiger partial charge on any atom is -0.444 e. The van der Waals surface area contributed by atoms with Crippen molar-refractivity contribution in [3.63, 3.8) is 0 Å². The van der Waals surface area contributed by atoms with Crippen molar-refractivity contribution in [1.82, 2.24) is 35.8 Å². The average Bonchev–Trinajstić information content (AvgIpc) is 3.61. The molecule has 0 spiro atoms. The molecule has 2 aromatic heterocycles. The second kappa shape index (κ2) is 21.2. The van der Waals surface area contributed by atoms with E-state index in [2.05, 4.69) is 30.9 Å². The molecule has 296 valence electrons. The zero-order chi connectivity index (χ0) is 39.8. The van der Waals surface area contributed by atoms with Gasteiger partial charge < -0.3 is 36.5 Å². The molecule has 0 saturated carbocycles. The zero-order valence-corrected chi connectivity index (χ0v) is 32.7. The van der Waals surface area contributed by atoms with Crippen LogP contribution in [0.25, 0.3) is 0 Å². The van der Waals surface area contributed by atoms with Crippen molar-refractivity contribution < 1.29 is 29.0 Å². The van der Waals surface area contributed by atoms with Gasteiger partial charge in [0.15, 0.2) is 0 Å². The molecule has 0 aliphatic heterocycles. The zero-order valence-electron chi connectivity index (χ0n) is 32.7. The number of nitrogens with zero attached hydrogens (tertiary/aromatic N) is 3. The van der Waals surface area contributed by atoms with E-state index < -0.39 is 59.7 Å². The van der Waals surface area contributed by atoms with Crippen LogP contribution in [0, 0.1) is 11.8 Å². The molecule has 1 aromatic carbocycles. The smallest absolute Gasteiger partial charge is 0.408 e. The maximum Gasteiger partial charge on any atom is 0.408 e. The Hall–Kier alpha value is -4.82. The molecule has 0 bridgehead atoms. The largest absolute Gasteiger partial charge is 0.444 e. The van der Waals surface area contributed by atoms with E-state index in [9.17, 15) is 24.3 Å². The molecule has 0 aliphatic rings. The first-order valence-corrected chi connectivity index (χ1v) is 18.7. The van der Waals surface area contributed by atoms with E-state index in [0.29, 0.717) is 31.5 Å². The summed E-state index contributed by atoms with van der Waals surface area (Å²) in [6.45, 7) is 13.6. The Balaban J connectivity index is 1.87. The number of aromatic nitrogens is 3. The molecule has 3 aromatic rings. The number of benzene rings is 1. The summed E-state index contributed by atoms with van der Waals surface area (Å²) in [6.07, 6.45) is 4.50. The molecular weight excluding hydrogens is 688 g/mol. The van der Waals surface area contributed by atoms with Crippen LogP contribution in [0.4, 0.5) is 4.79 Å². The molecule has 3 rings (SSSR count). The van der Waals surface area contributed by atoms with Gasteiger partial charge in [0.1, 0.15) is 17.7 Å². The van der Waals surface area contributed by atoms with Gasteiger partial charge in [-0.15, -0.1) is 0 Å². The van der Waals surface area contributed by atoms with E-state index in [1.54, 1.807) is 33.2 Å². The van der Waals surface area contributed by atoms with Crippen molar-refractivity contribution in [3.8, 4) is 0 Å². The molecule has 0 saturated heterocycles. The van der Waals surface area contributed by atoms with Crippen LogP contribution in [0.5, 0.6) is 0 Å².